The summed E-state index contributed by atoms with van der Waals surface area (Å²) in [6.45, 7) is 6.93. The zero-order valence-electron chi connectivity index (χ0n) is 27.5. The third kappa shape index (κ3) is 4.56. The summed E-state index contributed by atoms with van der Waals surface area (Å²) in [6.07, 6.45) is 0. The third-order valence-corrected chi connectivity index (χ3v) is 9.89. The highest BCUT2D eigenvalue weighted by Gasteiger charge is 2.21. The minimum Gasteiger partial charge on any atom is -0.354 e. The van der Waals surface area contributed by atoms with Crippen LogP contribution < -0.4 is 0 Å². The van der Waals surface area contributed by atoms with Crippen molar-refractivity contribution in [1.82, 2.24) is 9.55 Å². The highest BCUT2D eigenvalue weighted by Crippen LogP contribution is 2.42. The predicted molar refractivity (Wildman–Crippen MR) is 205 cm³/mol. The zero-order chi connectivity index (χ0) is 32.4. The SMILES string of the molecule is CC(C)(C)c1cc(-c2ccccc2-c2cccc(-c3ccccc3)c2)c2[nH]c3ccc(-n4c5ccccc5c5ccccc54)cc3c2c1. The molecule has 1 N–H and O–H groups in total. The van der Waals surface area contributed by atoms with Gasteiger partial charge in [-0.2, -0.15) is 0 Å². The molecular formula is C46H36N2. The fraction of sp³-hybridized carbons (Fsp3) is 0.0870. The van der Waals surface area contributed by atoms with E-state index in [0.29, 0.717) is 0 Å². The summed E-state index contributed by atoms with van der Waals surface area (Å²) in [5.74, 6) is 0. The summed E-state index contributed by atoms with van der Waals surface area (Å²) in [4.78, 5) is 3.88. The lowest BCUT2D eigenvalue weighted by atomic mass is 9.83. The van der Waals surface area contributed by atoms with Crippen molar-refractivity contribution in [2.75, 3.05) is 0 Å². The van der Waals surface area contributed by atoms with Gasteiger partial charge in [-0.3, -0.25) is 0 Å². The summed E-state index contributed by atoms with van der Waals surface area (Å²) in [6, 6.07) is 57.6. The molecule has 9 aromatic rings. The van der Waals surface area contributed by atoms with E-state index in [9.17, 15) is 0 Å². The molecule has 0 fully saturated rings. The lowest BCUT2D eigenvalue weighted by Gasteiger charge is -2.21. The Morgan fingerprint density at radius 3 is 1.79 bits per heavy atom. The van der Waals surface area contributed by atoms with Gasteiger partial charge < -0.3 is 9.55 Å². The Bertz CT molecular complexity index is 2590. The van der Waals surface area contributed by atoms with Crippen LogP contribution in [0.5, 0.6) is 0 Å². The quantitative estimate of drug-likeness (QED) is 0.203. The maximum Gasteiger partial charge on any atom is 0.0544 e. The number of hydrogen-bond acceptors (Lipinski definition) is 0. The molecule has 0 bridgehead atoms. The van der Waals surface area contributed by atoms with Crippen LogP contribution in [0.4, 0.5) is 0 Å². The van der Waals surface area contributed by atoms with Crippen molar-refractivity contribution in [3.05, 3.63) is 163 Å². The first-order valence-corrected chi connectivity index (χ1v) is 16.8. The molecule has 7 aromatic carbocycles. The van der Waals surface area contributed by atoms with Crippen LogP contribution in [-0.2, 0) is 5.41 Å². The standard InChI is InChI=1S/C46H36N2/c1-46(2,3)33-27-40(36-19-8-7-18-35(36)32-17-13-16-31(26-32)30-14-5-4-6-15-30)45-41(28-33)39-29-34(24-25-42(39)47-45)48-43-22-11-9-20-37(43)38-21-10-12-23-44(38)48/h4-29,47H,1-3H3. The van der Waals surface area contributed by atoms with E-state index in [0.717, 1.165) is 5.52 Å². The van der Waals surface area contributed by atoms with E-state index in [-0.39, 0.29) is 5.41 Å². The summed E-state index contributed by atoms with van der Waals surface area (Å²) < 4.78 is 2.41. The Balaban J connectivity index is 1.28. The van der Waals surface area contributed by atoms with Crippen molar-refractivity contribution in [3.8, 4) is 39.1 Å². The first kappa shape index (κ1) is 28.4. The second-order valence-corrected chi connectivity index (χ2v) is 13.9. The van der Waals surface area contributed by atoms with Gasteiger partial charge in [-0.15, -0.1) is 0 Å². The number of aromatic amines is 1. The predicted octanol–water partition coefficient (Wildman–Crippen LogP) is 12.7. The summed E-state index contributed by atoms with van der Waals surface area (Å²) in [5, 5.41) is 5.04. The van der Waals surface area contributed by atoms with Crippen molar-refractivity contribution in [3.63, 3.8) is 0 Å². The van der Waals surface area contributed by atoms with Gasteiger partial charge in [0.05, 0.1) is 16.6 Å². The number of nitrogens with zero attached hydrogens (tertiary/aromatic N) is 1. The fourth-order valence-corrected chi connectivity index (χ4v) is 7.44. The van der Waals surface area contributed by atoms with E-state index in [2.05, 4.69) is 188 Å². The highest BCUT2D eigenvalue weighted by molar-refractivity contribution is 6.14. The topological polar surface area (TPSA) is 20.7 Å². The molecule has 0 aliphatic rings. The number of para-hydroxylation sites is 2. The van der Waals surface area contributed by atoms with Crippen LogP contribution in [0.2, 0.25) is 0 Å². The van der Waals surface area contributed by atoms with Crippen LogP contribution in [-0.4, -0.2) is 9.55 Å². The van der Waals surface area contributed by atoms with Crippen LogP contribution in [0, 0.1) is 0 Å². The van der Waals surface area contributed by atoms with Gasteiger partial charge in [-0.05, 0) is 87.3 Å². The second-order valence-electron chi connectivity index (χ2n) is 13.9. The van der Waals surface area contributed by atoms with Crippen LogP contribution in [0.15, 0.2) is 158 Å². The van der Waals surface area contributed by atoms with Gasteiger partial charge in [-0.25, -0.2) is 0 Å². The molecule has 0 aliphatic carbocycles. The van der Waals surface area contributed by atoms with Gasteiger partial charge in [0, 0.05) is 38.3 Å². The van der Waals surface area contributed by atoms with Crippen molar-refractivity contribution < 1.29 is 0 Å². The van der Waals surface area contributed by atoms with Crippen LogP contribution >= 0.6 is 0 Å². The van der Waals surface area contributed by atoms with Gasteiger partial charge in [0.2, 0.25) is 0 Å². The molecule has 0 saturated carbocycles. The highest BCUT2D eigenvalue weighted by atomic mass is 15.0. The van der Waals surface area contributed by atoms with E-state index in [1.807, 2.05) is 0 Å². The van der Waals surface area contributed by atoms with E-state index in [1.165, 1.54) is 82.7 Å². The molecule has 2 aromatic heterocycles. The van der Waals surface area contributed by atoms with E-state index in [4.69, 9.17) is 0 Å². The molecule has 0 aliphatic heterocycles. The lowest BCUT2D eigenvalue weighted by Crippen LogP contribution is -2.11. The van der Waals surface area contributed by atoms with Crippen LogP contribution in [0.25, 0.3) is 82.7 Å². The Morgan fingerprint density at radius 1 is 0.438 bits per heavy atom. The molecule has 48 heavy (non-hydrogen) atoms. The summed E-state index contributed by atoms with van der Waals surface area (Å²) in [7, 11) is 0. The van der Waals surface area contributed by atoms with Crippen molar-refractivity contribution >= 4 is 43.6 Å². The van der Waals surface area contributed by atoms with Crippen LogP contribution in [0.3, 0.4) is 0 Å². The maximum atomic E-state index is 3.88. The smallest absolute Gasteiger partial charge is 0.0544 e. The van der Waals surface area contributed by atoms with Crippen LogP contribution in [0.1, 0.15) is 26.3 Å². The molecule has 9 rings (SSSR count). The van der Waals surface area contributed by atoms with Gasteiger partial charge in [0.15, 0.2) is 0 Å². The van der Waals surface area contributed by atoms with Gasteiger partial charge in [0.25, 0.3) is 0 Å². The molecule has 0 unspecified atom stereocenters. The van der Waals surface area contributed by atoms with Crippen molar-refractivity contribution in [1.29, 1.82) is 0 Å². The molecule has 2 nitrogen and oxygen atoms in total. The first-order chi connectivity index (χ1) is 23.4. The molecule has 0 radical (unpaired) electrons. The summed E-state index contributed by atoms with van der Waals surface area (Å²) >= 11 is 0. The Kier molecular flexibility index (Phi) is 6.42. The average Bonchev–Trinajstić information content (AvgIpc) is 3.67. The number of rotatable bonds is 4. The Morgan fingerprint density at radius 2 is 1.06 bits per heavy atom. The third-order valence-electron chi connectivity index (χ3n) is 9.89. The molecular weight excluding hydrogens is 581 g/mol. The number of hydrogen-bond donors (Lipinski definition) is 1. The number of H-pyrrole nitrogens is 1. The van der Waals surface area contributed by atoms with E-state index >= 15 is 0 Å². The fourth-order valence-electron chi connectivity index (χ4n) is 7.44. The maximum absolute atomic E-state index is 3.88. The van der Waals surface area contributed by atoms with Gasteiger partial charge >= 0.3 is 0 Å². The molecule has 0 saturated heterocycles. The van der Waals surface area contributed by atoms with Gasteiger partial charge in [0.1, 0.15) is 0 Å². The second kappa shape index (κ2) is 10.9. The molecule has 0 atom stereocenters. The number of benzene rings is 7. The molecule has 2 heterocycles. The minimum atomic E-state index is -0.0286. The van der Waals surface area contributed by atoms with E-state index < -0.39 is 0 Å². The van der Waals surface area contributed by atoms with E-state index in [1.54, 1.807) is 0 Å². The first-order valence-electron chi connectivity index (χ1n) is 16.8. The lowest BCUT2D eigenvalue weighted by molar-refractivity contribution is 0.591. The Labute approximate surface area is 280 Å². The van der Waals surface area contributed by atoms with Gasteiger partial charge in [-0.1, -0.05) is 130 Å². The molecule has 2 heteroatoms. The van der Waals surface area contributed by atoms with Crippen molar-refractivity contribution in [2.45, 2.75) is 26.2 Å². The molecule has 230 valence electrons. The number of aromatic nitrogens is 2. The van der Waals surface area contributed by atoms with Crippen molar-refractivity contribution in [2.24, 2.45) is 0 Å². The summed E-state index contributed by atoms with van der Waals surface area (Å²) in [5.41, 5.74) is 14.6. The molecule has 0 amide bonds. The monoisotopic (exact) mass is 616 g/mol. The Hall–Kier alpha value is -5.86. The largest absolute Gasteiger partial charge is 0.354 e. The number of nitrogens with one attached hydrogen (secondary N) is 1. The number of fused-ring (bicyclic) bond motifs is 6. The average molecular weight is 617 g/mol. The molecule has 0 spiro atoms. The zero-order valence-corrected chi connectivity index (χ0v) is 27.5. The minimum absolute atomic E-state index is 0.0286. The normalized spacial score (nSPS) is 12.1.